The average Bonchev–Trinajstić information content (AvgIpc) is 3.04. The van der Waals surface area contributed by atoms with E-state index in [1.54, 1.807) is 0 Å². The van der Waals surface area contributed by atoms with Gasteiger partial charge in [0, 0.05) is 12.8 Å². The molecule has 0 radical (unpaired) electrons. The van der Waals surface area contributed by atoms with E-state index < -0.39 is 0 Å². The van der Waals surface area contributed by atoms with Gasteiger partial charge >= 0.3 is 0 Å². The Kier molecular flexibility index (Phi) is 3.47. The molecule has 0 amide bonds. The van der Waals surface area contributed by atoms with Crippen LogP contribution in [0, 0.1) is 18.3 Å². The molecule has 1 spiro atoms. The molecule has 3 rings (SSSR count). The second kappa shape index (κ2) is 5.14. The van der Waals surface area contributed by atoms with Gasteiger partial charge in [-0.15, -0.1) is 0 Å². The fourth-order valence-corrected chi connectivity index (χ4v) is 4.60. The molecule has 1 aromatic rings. The lowest BCUT2D eigenvalue weighted by molar-refractivity contribution is 0.256. The Hall–Kier alpha value is -1.47. The molecule has 1 aromatic carbocycles. The van der Waals surface area contributed by atoms with E-state index in [0.29, 0.717) is 11.1 Å². The van der Waals surface area contributed by atoms with Crippen molar-refractivity contribution >= 4 is 22.6 Å². The summed E-state index contributed by atoms with van der Waals surface area (Å²) in [6, 6.07) is 7.88. The van der Waals surface area contributed by atoms with Crippen LogP contribution < -0.4 is 0 Å². The van der Waals surface area contributed by atoms with Crippen molar-refractivity contribution in [1.29, 1.82) is 5.26 Å². The minimum absolute atomic E-state index is 0.351. The zero-order valence-corrected chi connectivity index (χ0v) is 12.8. The van der Waals surface area contributed by atoms with Gasteiger partial charge in [0.15, 0.2) is 5.17 Å². The van der Waals surface area contributed by atoms with Gasteiger partial charge in [-0.25, -0.2) is 4.99 Å². The maximum atomic E-state index is 8.92. The Morgan fingerprint density at radius 2 is 2.10 bits per heavy atom. The molecule has 0 atom stereocenters. The smallest absolute Gasteiger partial charge is 0.164 e. The summed E-state index contributed by atoms with van der Waals surface area (Å²) in [5.74, 6) is 1.16. The van der Waals surface area contributed by atoms with E-state index in [4.69, 9.17) is 10.3 Å². The van der Waals surface area contributed by atoms with E-state index in [-0.39, 0.29) is 0 Å². The van der Waals surface area contributed by atoms with E-state index in [1.165, 1.54) is 25.7 Å². The lowest BCUT2D eigenvalue weighted by Gasteiger charge is -2.32. The van der Waals surface area contributed by atoms with Gasteiger partial charge in [0.2, 0.25) is 0 Å². The van der Waals surface area contributed by atoms with Gasteiger partial charge in [-0.05, 0) is 43.5 Å². The molecule has 2 fully saturated rings. The number of nitriles is 1. The van der Waals surface area contributed by atoms with Crippen LogP contribution in [-0.2, 0) is 0 Å². The first-order valence-corrected chi connectivity index (χ1v) is 8.09. The molecule has 1 aliphatic carbocycles. The summed E-state index contributed by atoms with van der Waals surface area (Å²) >= 11 is 1.87. The quantitative estimate of drug-likeness (QED) is 0.787. The highest BCUT2D eigenvalue weighted by atomic mass is 32.2. The standard InChI is InChI=1S/C16H19N3S/c1-12-9-13(10-17)5-6-14(12)18-15-19(2)16(11-20-15)7-3-4-8-16/h5-6,9H,3-4,7-8,11H2,1-2H3. The largest absolute Gasteiger partial charge is 0.348 e. The highest BCUT2D eigenvalue weighted by Gasteiger charge is 2.44. The minimum Gasteiger partial charge on any atom is -0.348 e. The number of hydrogen-bond donors (Lipinski definition) is 0. The molecule has 1 saturated carbocycles. The third kappa shape index (κ3) is 2.20. The van der Waals surface area contributed by atoms with Crippen molar-refractivity contribution in [3.05, 3.63) is 29.3 Å². The van der Waals surface area contributed by atoms with Crippen LogP contribution in [0.25, 0.3) is 0 Å². The van der Waals surface area contributed by atoms with Crippen LogP contribution in [0.4, 0.5) is 5.69 Å². The van der Waals surface area contributed by atoms with Crippen molar-refractivity contribution in [2.75, 3.05) is 12.8 Å². The second-order valence-electron chi connectivity index (χ2n) is 5.79. The van der Waals surface area contributed by atoms with Crippen molar-refractivity contribution in [2.45, 2.75) is 38.1 Å². The topological polar surface area (TPSA) is 39.4 Å². The molecule has 0 aromatic heterocycles. The predicted octanol–water partition coefficient (Wildman–Crippen LogP) is 3.85. The van der Waals surface area contributed by atoms with Crippen molar-refractivity contribution < 1.29 is 0 Å². The summed E-state index contributed by atoms with van der Waals surface area (Å²) in [7, 11) is 2.18. The zero-order valence-electron chi connectivity index (χ0n) is 12.0. The predicted molar refractivity (Wildman–Crippen MR) is 84.4 cm³/mol. The van der Waals surface area contributed by atoms with Crippen LogP contribution in [-0.4, -0.2) is 28.4 Å². The van der Waals surface area contributed by atoms with E-state index >= 15 is 0 Å². The molecule has 1 aliphatic heterocycles. The number of thioether (sulfide) groups is 1. The fraction of sp³-hybridized carbons (Fsp3) is 0.500. The molecule has 0 N–H and O–H groups in total. The first-order valence-electron chi connectivity index (χ1n) is 7.11. The Balaban J connectivity index is 1.88. The van der Waals surface area contributed by atoms with Crippen LogP contribution in [0.1, 0.15) is 36.8 Å². The third-order valence-corrected chi connectivity index (χ3v) is 5.85. The molecule has 4 heteroatoms. The Morgan fingerprint density at radius 3 is 2.75 bits per heavy atom. The van der Waals surface area contributed by atoms with Crippen molar-refractivity contribution in [1.82, 2.24) is 4.90 Å². The lowest BCUT2D eigenvalue weighted by Crippen LogP contribution is -2.42. The maximum Gasteiger partial charge on any atom is 0.164 e. The molecular weight excluding hydrogens is 266 g/mol. The Morgan fingerprint density at radius 1 is 1.35 bits per heavy atom. The van der Waals surface area contributed by atoms with E-state index in [9.17, 15) is 0 Å². The van der Waals surface area contributed by atoms with Crippen molar-refractivity contribution in [2.24, 2.45) is 4.99 Å². The fourth-order valence-electron chi connectivity index (χ4n) is 3.17. The normalized spacial score (nSPS) is 22.6. The van der Waals surface area contributed by atoms with Gasteiger partial charge in [-0.1, -0.05) is 24.6 Å². The number of benzene rings is 1. The highest BCUT2D eigenvalue weighted by molar-refractivity contribution is 8.14. The van der Waals surface area contributed by atoms with E-state index in [2.05, 4.69) is 18.0 Å². The van der Waals surface area contributed by atoms with Crippen LogP contribution in [0.15, 0.2) is 23.2 Å². The number of aliphatic imine (C=N–C) groups is 1. The van der Waals surface area contributed by atoms with Crippen molar-refractivity contribution in [3.8, 4) is 6.07 Å². The summed E-state index contributed by atoms with van der Waals surface area (Å²) in [5.41, 5.74) is 3.10. The summed E-state index contributed by atoms with van der Waals surface area (Å²) in [6.07, 6.45) is 5.27. The molecular formula is C16H19N3S. The third-order valence-electron chi connectivity index (χ3n) is 4.54. The molecule has 1 heterocycles. The SMILES string of the molecule is Cc1cc(C#N)ccc1N=C1SCC2(CCCC2)N1C. The van der Waals surface area contributed by atoms with Gasteiger partial charge in [0.05, 0.1) is 22.9 Å². The summed E-state index contributed by atoms with van der Waals surface area (Å²) in [4.78, 5) is 7.22. The van der Waals surface area contributed by atoms with Crippen molar-refractivity contribution in [3.63, 3.8) is 0 Å². The van der Waals surface area contributed by atoms with Crippen LogP contribution in [0.2, 0.25) is 0 Å². The average molecular weight is 285 g/mol. The van der Waals surface area contributed by atoms with Crippen LogP contribution >= 0.6 is 11.8 Å². The van der Waals surface area contributed by atoms with Gasteiger partial charge in [-0.2, -0.15) is 5.26 Å². The van der Waals surface area contributed by atoms with Gasteiger partial charge in [0.25, 0.3) is 0 Å². The molecule has 2 aliphatic rings. The number of nitrogens with zero attached hydrogens (tertiary/aromatic N) is 3. The van der Waals surface area contributed by atoms with Gasteiger partial charge < -0.3 is 4.90 Å². The molecule has 0 bridgehead atoms. The van der Waals surface area contributed by atoms with Gasteiger partial charge in [0.1, 0.15) is 0 Å². The molecule has 20 heavy (non-hydrogen) atoms. The zero-order chi connectivity index (χ0) is 14.2. The Bertz CT molecular complexity index is 594. The lowest BCUT2D eigenvalue weighted by atomic mass is 9.99. The van der Waals surface area contributed by atoms with E-state index in [1.807, 2.05) is 36.9 Å². The Labute approximate surface area is 124 Å². The summed E-state index contributed by atoms with van der Waals surface area (Å²) < 4.78 is 0. The van der Waals surface area contributed by atoms with Gasteiger partial charge in [-0.3, -0.25) is 0 Å². The number of amidine groups is 1. The first-order chi connectivity index (χ1) is 9.64. The molecule has 0 unspecified atom stereocenters. The molecule has 3 nitrogen and oxygen atoms in total. The molecule has 104 valence electrons. The number of aryl methyl sites for hydroxylation is 1. The maximum absolute atomic E-state index is 8.92. The first kappa shape index (κ1) is 13.5. The highest BCUT2D eigenvalue weighted by Crippen LogP contribution is 2.44. The monoisotopic (exact) mass is 285 g/mol. The van der Waals surface area contributed by atoms with E-state index in [0.717, 1.165) is 22.2 Å². The summed E-state index contributed by atoms with van der Waals surface area (Å²) in [6.45, 7) is 2.02. The second-order valence-corrected chi connectivity index (χ2v) is 6.73. The van der Waals surface area contributed by atoms with Crippen LogP contribution in [0.3, 0.4) is 0 Å². The summed E-state index contributed by atoms with van der Waals surface area (Å²) in [5, 5.41) is 10.0. The van der Waals surface area contributed by atoms with Crippen LogP contribution in [0.5, 0.6) is 0 Å². The number of hydrogen-bond acceptors (Lipinski definition) is 3. The number of rotatable bonds is 1. The minimum atomic E-state index is 0.351. The molecule has 1 saturated heterocycles.